The SMILES string of the molecule is Cc1ccc(S(=O)(=O)c2nnn3c2nc(N2CCN(c4cc(Cl)ccc4C)CC2)c2ccccc23)cc1C. The highest BCUT2D eigenvalue weighted by atomic mass is 35.5. The Bertz CT molecular complexity index is 1810. The fourth-order valence-electron chi connectivity index (χ4n) is 5.02. The van der Waals surface area contributed by atoms with Gasteiger partial charge in [-0.1, -0.05) is 41.1 Å². The molecule has 5 aromatic rings. The second-order valence-electron chi connectivity index (χ2n) is 9.74. The summed E-state index contributed by atoms with van der Waals surface area (Å²) in [6.07, 6.45) is 0. The lowest BCUT2D eigenvalue weighted by molar-refractivity contribution is 0.592. The van der Waals surface area contributed by atoms with Gasteiger partial charge in [0.2, 0.25) is 14.9 Å². The zero-order valence-corrected chi connectivity index (χ0v) is 23.0. The Hall–Kier alpha value is -3.69. The zero-order valence-electron chi connectivity index (χ0n) is 21.4. The number of nitrogens with zero attached hydrogens (tertiary/aromatic N) is 6. The minimum absolute atomic E-state index is 0.138. The summed E-state index contributed by atoms with van der Waals surface area (Å²) in [6, 6.07) is 18.8. The first-order valence-corrected chi connectivity index (χ1v) is 14.3. The van der Waals surface area contributed by atoms with Crippen molar-refractivity contribution < 1.29 is 8.42 Å². The van der Waals surface area contributed by atoms with Crippen molar-refractivity contribution in [1.29, 1.82) is 0 Å². The summed E-state index contributed by atoms with van der Waals surface area (Å²) in [5.41, 5.74) is 5.22. The molecule has 6 rings (SSSR count). The lowest BCUT2D eigenvalue weighted by Gasteiger charge is -2.37. The number of sulfone groups is 1. The van der Waals surface area contributed by atoms with Crippen LogP contribution in [0.15, 0.2) is 70.6 Å². The lowest BCUT2D eigenvalue weighted by Crippen LogP contribution is -2.47. The monoisotopic (exact) mass is 546 g/mol. The summed E-state index contributed by atoms with van der Waals surface area (Å²) in [6.45, 7) is 8.95. The van der Waals surface area contributed by atoms with Crippen LogP contribution in [0.2, 0.25) is 5.02 Å². The second kappa shape index (κ2) is 9.25. The molecule has 0 aliphatic carbocycles. The summed E-state index contributed by atoms with van der Waals surface area (Å²) in [4.78, 5) is 9.61. The number of halogens is 1. The van der Waals surface area contributed by atoms with Gasteiger partial charge in [-0.2, -0.15) is 4.52 Å². The van der Waals surface area contributed by atoms with Crippen LogP contribution in [0.1, 0.15) is 16.7 Å². The minimum atomic E-state index is -3.93. The van der Waals surface area contributed by atoms with Gasteiger partial charge in [0.15, 0.2) is 5.65 Å². The van der Waals surface area contributed by atoms with E-state index in [9.17, 15) is 8.42 Å². The number of fused-ring (bicyclic) bond motifs is 3. The molecular weight excluding hydrogens is 520 g/mol. The maximum atomic E-state index is 13.7. The van der Waals surface area contributed by atoms with Crippen molar-refractivity contribution in [3.8, 4) is 0 Å². The van der Waals surface area contributed by atoms with Crippen molar-refractivity contribution in [2.45, 2.75) is 30.7 Å². The van der Waals surface area contributed by atoms with E-state index < -0.39 is 9.84 Å². The molecule has 10 heteroatoms. The van der Waals surface area contributed by atoms with Crippen molar-refractivity contribution >= 4 is 49.5 Å². The van der Waals surface area contributed by atoms with Gasteiger partial charge in [0, 0.05) is 42.3 Å². The Morgan fingerprint density at radius 2 is 1.53 bits per heavy atom. The molecule has 0 unspecified atom stereocenters. The van der Waals surface area contributed by atoms with Crippen LogP contribution in [0, 0.1) is 20.8 Å². The molecule has 0 radical (unpaired) electrons. The molecule has 0 bridgehead atoms. The number of benzene rings is 3. The van der Waals surface area contributed by atoms with Gasteiger partial charge < -0.3 is 9.80 Å². The van der Waals surface area contributed by atoms with Crippen LogP contribution in [0.3, 0.4) is 0 Å². The molecule has 0 N–H and O–H groups in total. The highest BCUT2D eigenvalue weighted by molar-refractivity contribution is 7.91. The second-order valence-corrected chi connectivity index (χ2v) is 12.0. The highest BCUT2D eigenvalue weighted by Crippen LogP contribution is 2.32. The molecule has 1 aliphatic heterocycles. The van der Waals surface area contributed by atoms with Gasteiger partial charge in [-0.05, 0) is 73.9 Å². The maximum Gasteiger partial charge on any atom is 0.229 e. The predicted octanol–water partition coefficient (Wildman–Crippen LogP) is 5.02. The van der Waals surface area contributed by atoms with Crippen LogP contribution in [-0.2, 0) is 9.84 Å². The average molecular weight is 547 g/mol. The number of rotatable bonds is 4. The molecule has 2 aromatic heterocycles. The average Bonchev–Trinajstić information content (AvgIpc) is 3.36. The van der Waals surface area contributed by atoms with E-state index in [1.165, 1.54) is 10.1 Å². The molecule has 38 heavy (non-hydrogen) atoms. The molecule has 0 saturated carbocycles. The molecule has 0 atom stereocenters. The standard InChI is InChI=1S/C28H27ClN6O2S/c1-18-9-11-22(16-20(18)3)38(36,37)28-27-30-26(23-6-4-5-7-24(23)35(27)32-31-28)34-14-12-33(13-15-34)25-17-21(29)10-8-19(25)2/h4-11,16-17H,12-15H2,1-3H3. The van der Waals surface area contributed by atoms with Crippen molar-refractivity contribution in [2.75, 3.05) is 36.0 Å². The molecule has 194 valence electrons. The summed E-state index contributed by atoms with van der Waals surface area (Å²) in [5, 5.41) is 9.82. The van der Waals surface area contributed by atoms with E-state index >= 15 is 0 Å². The van der Waals surface area contributed by atoms with Crippen molar-refractivity contribution in [3.05, 3.63) is 82.4 Å². The molecule has 8 nitrogen and oxygen atoms in total. The van der Waals surface area contributed by atoms with Crippen molar-refractivity contribution in [2.24, 2.45) is 0 Å². The van der Waals surface area contributed by atoms with Crippen LogP contribution >= 0.6 is 11.6 Å². The molecular formula is C28H27ClN6O2S. The van der Waals surface area contributed by atoms with E-state index in [-0.39, 0.29) is 15.6 Å². The number of aromatic nitrogens is 4. The number of hydrogen-bond acceptors (Lipinski definition) is 7. The first-order valence-electron chi connectivity index (χ1n) is 12.5. The Balaban J connectivity index is 1.42. The molecule has 3 heterocycles. The lowest BCUT2D eigenvalue weighted by atomic mass is 10.1. The van der Waals surface area contributed by atoms with Gasteiger partial charge in [0.1, 0.15) is 5.82 Å². The van der Waals surface area contributed by atoms with Gasteiger partial charge in [-0.25, -0.2) is 13.4 Å². The molecule has 0 amide bonds. The van der Waals surface area contributed by atoms with Gasteiger partial charge >= 0.3 is 0 Å². The van der Waals surface area contributed by atoms with Gasteiger partial charge in [0.25, 0.3) is 0 Å². The molecule has 3 aromatic carbocycles. The first-order chi connectivity index (χ1) is 18.2. The van der Waals surface area contributed by atoms with Crippen molar-refractivity contribution in [3.63, 3.8) is 0 Å². The van der Waals surface area contributed by atoms with Gasteiger partial charge in [-0.3, -0.25) is 0 Å². The van der Waals surface area contributed by atoms with E-state index in [1.807, 2.05) is 62.4 Å². The topological polar surface area (TPSA) is 83.7 Å². The summed E-state index contributed by atoms with van der Waals surface area (Å²) in [5.74, 6) is 0.731. The predicted molar refractivity (Wildman–Crippen MR) is 150 cm³/mol. The Morgan fingerprint density at radius 1 is 0.816 bits per heavy atom. The van der Waals surface area contributed by atoms with E-state index in [0.717, 1.165) is 64.7 Å². The summed E-state index contributed by atoms with van der Waals surface area (Å²) in [7, 11) is -3.93. The van der Waals surface area contributed by atoms with Crippen LogP contribution in [0.5, 0.6) is 0 Å². The Kier molecular flexibility index (Phi) is 6.00. The first kappa shape index (κ1) is 24.6. The fourth-order valence-corrected chi connectivity index (χ4v) is 6.50. The van der Waals surface area contributed by atoms with E-state index in [1.54, 1.807) is 12.1 Å². The van der Waals surface area contributed by atoms with Gasteiger partial charge in [0.05, 0.1) is 10.4 Å². The third kappa shape index (κ3) is 4.06. The third-order valence-electron chi connectivity index (χ3n) is 7.34. The Morgan fingerprint density at radius 3 is 2.29 bits per heavy atom. The highest BCUT2D eigenvalue weighted by Gasteiger charge is 2.29. The quantitative estimate of drug-likeness (QED) is 0.313. The fraction of sp³-hybridized carbons (Fsp3) is 0.250. The van der Waals surface area contributed by atoms with Crippen LogP contribution < -0.4 is 9.80 Å². The number of hydrogen-bond donors (Lipinski definition) is 0. The normalized spacial score (nSPS) is 14.5. The van der Waals surface area contributed by atoms with E-state index in [0.29, 0.717) is 0 Å². The molecule has 1 fully saturated rings. The number of piperazine rings is 1. The number of aryl methyl sites for hydroxylation is 3. The maximum absolute atomic E-state index is 13.7. The van der Waals surface area contributed by atoms with Gasteiger partial charge in [-0.15, -0.1) is 5.10 Å². The molecule has 1 saturated heterocycles. The van der Waals surface area contributed by atoms with Crippen LogP contribution in [0.4, 0.5) is 11.5 Å². The zero-order chi connectivity index (χ0) is 26.6. The summed E-state index contributed by atoms with van der Waals surface area (Å²) >= 11 is 6.27. The van der Waals surface area contributed by atoms with Crippen LogP contribution in [-0.4, -0.2) is 54.4 Å². The number of anilines is 2. The molecule has 1 aliphatic rings. The van der Waals surface area contributed by atoms with E-state index in [4.69, 9.17) is 16.6 Å². The Labute approximate surface area is 226 Å². The third-order valence-corrected chi connectivity index (χ3v) is 9.22. The van der Waals surface area contributed by atoms with Crippen molar-refractivity contribution in [1.82, 2.24) is 19.8 Å². The molecule has 0 spiro atoms. The largest absolute Gasteiger partial charge is 0.368 e. The van der Waals surface area contributed by atoms with Crippen LogP contribution in [0.25, 0.3) is 16.6 Å². The van der Waals surface area contributed by atoms with E-state index in [2.05, 4.69) is 27.0 Å². The smallest absolute Gasteiger partial charge is 0.229 e. The minimum Gasteiger partial charge on any atom is -0.368 e. The summed E-state index contributed by atoms with van der Waals surface area (Å²) < 4.78 is 28.9. The number of para-hydroxylation sites is 1.